The first-order valence-electron chi connectivity index (χ1n) is 25.0. The Kier molecular flexibility index (Phi) is 24.3. The van der Waals surface area contributed by atoms with Crippen LogP contribution in [-0.2, 0) is 68.7 Å². The zero-order chi connectivity index (χ0) is 58.2. The number of amides is 7. The van der Waals surface area contributed by atoms with Crippen LogP contribution in [0.3, 0.4) is 0 Å². The largest absolute Gasteiger partial charge is 0.508 e. The van der Waals surface area contributed by atoms with E-state index in [0.29, 0.717) is 16.7 Å². The van der Waals surface area contributed by atoms with Crippen molar-refractivity contribution in [3.8, 4) is 5.75 Å². The van der Waals surface area contributed by atoms with Crippen molar-refractivity contribution < 1.29 is 51.6 Å². The van der Waals surface area contributed by atoms with Crippen LogP contribution in [0.25, 0.3) is 10.9 Å². The average molecular weight is 1120 g/mol. The number of para-hydroxylation sites is 1. The highest BCUT2D eigenvalue weighted by atomic mass is 32.2. The zero-order valence-electron chi connectivity index (χ0n) is 43.5. The highest BCUT2D eigenvalue weighted by Crippen LogP contribution is 2.20. The Bertz CT molecular complexity index is 2940. The monoisotopic (exact) mass is 1120 g/mol. The summed E-state index contributed by atoms with van der Waals surface area (Å²) in [6.07, 6.45) is 1.49. The summed E-state index contributed by atoms with van der Waals surface area (Å²) < 4.78 is 32.8. The van der Waals surface area contributed by atoms with Crippen molar-refractivity contribution in [2.75, 3.05) is 19.6 Å². The van der Waals surface area contributed by atoms with Gasteiger partial charge in [-0.05, 0) is 79.0 Å². The van der Waals surface area contributed by atoms with Gasteiger partial charge in [0.25, 0.3) is 10.1 Å². The van der Waals surface area contributed by atoms with E-state index in [1.54, 1.807) is 24.4 Å². The Morgan fingerprint density at radius 1 is 0.519 bits per heavy atom. The number of hydrogen-bond donors (Lipinski definition) is 16. The number of aromatic nitrogens is 1. The number of phenols is 1. The number of phenolic OH excluding ortho intramolecular Hbond substituents is 1. The number of H-pyrrole nitrogens is 1. The second kappa shape index (κ2) is 30.7. The molecule has 0 fully saturated rings. The van der Waals surface area contributed by atoms with E-state index in [1.165, 1.54) is 55.5 Å². The van der Waals surface area contributed by atoms with Crippen LogP contribution in [0.4, 0.5) is 0 Å². The summed E-state index contributed by atoms with van der Waals surface area (Å²) >= 11 is 0. The molecule has 0 unspecified atom stereocenters. The SMILES string of the molecule is CC(=O)N[C@@H](CCCN=C(N)N)C(=O)N[C@@H](Cc1ccc(O)cc1)C(=O)N[C@@H](Cc1ccc(CS(=O)(=O)O)cc1)C(=O)N[C@@H](CCCN=C(N)N)C(=O)N[C@@H](Cc1c[nH]c2ccccc12)C(=O)N[C@@H](CCCN=C(N)N)C(N)=O. The average Bonchev–Trinajstić information content (AvgIpc) is 3.78. The van der Waals surface area contributed by atoms with Crippen LogP contribution in [0.15, 0.2) is 94.0 Å². The minimum Gasteiger partial charge on any atom is -0.508 e. The summed E-state index contributed by atoms with van der Waals surface area (Å²) in [5, 5.41) is 26.7. The number of benzene rings is 3. The molecule has 1 heterocycles. The first kappa shape index (κ1) is 62.5. The van der Waals surface area contributed by atoms with Gasteiger partial charge in [0.1, 0.15) is 47.8 Å². The van der Waals surface area contributed by atoms with Gasteiger partial charge in [-0.25, -0.2) is 0 Å². The summed E-state index contributed by atoms with van der Waals surface area (Å²) in [4.78, 5) is 112. The molecule has 0 radical (unpaired) electrons. The Labute approximate surface area is 455 Å². The molecular weight excluding hydrogens is 1050 g/mol. The van der Waals surface area contributed by atoms with Gasteiger partial charge in [-0.3, -0.25) is 53.1 Å². The Morgan fingerprint density at radius 2 is 0.899 bits per heavy atom. The first-order valence-corrected chi connectivity index (χ1v) is 26.6. The molecule has 0 aliphatic carbocycles. The van der Waals surface area contributed by atoms with Crippen LogP contribution in [0, 0.1) is 0 Å². The Balaban J connectivity index is 1.75. The van der Waals surface area contributed by atoms with Gasteiger partial charge in [0, 0.05) is 62.9 Å². The maximum Gasteiger partial charge on any atom is 0.269 e. The molecule has 0 aliphatic heterocycles. The van der Waals surface area contributed by atoms with Crippen molar-refractivity contribution in [1.82, 2.24) is 36.9 Å². The van der Waals surface area contributed by atoms with Crippen molar-refractivity contribution >= 4 is 80.2 Å². The lowest BCUT2D eigenvalue weighted by atomic mass is 10.00. The molecule has 79 heavy (non-hydrogen) atoms. The predicted molar refractivity (Wildman–Crippen MR) is 295 cm³/mol. The van der Waals surface area contributed by atoms with Gasteiger partial charge in [-0.15, -0.1) is 0 Å². The number of guanidine groups is 3. The molecule has 4 rings (SSSR count). The molecule has 28 nitrogen and oxygen atoms in total. The number of rotatable bonds is 32. The van der Waals surface area contributed by atoms with Crippen LogP contribution in [0.2, 0.25) is 0 Å². The third-order valence-corrected chi connectivity index (χ3v) is 12.7. The summed E-state index contributed by atoms with van der Waals surface area (Å²) in [5.74, 6) is -7.22. The summed E-state index contributed by atoms with van der Waals surface area (Å²) in [6, 6.07) is 10.3. The van der Waals surface area contributed by atoms with E-state index in [2.05, 4.69) is 51.9 Å². The van der Waals surface area contributed by atoms with E-state index in [4.69, 9.17) is 40.1 Å². The van der Waals surface area contributed by atoms with E-state index in [9.17, 15) is 51.6 Å². The number of aromatic amines is 1. The van der Waals surface area contributed by atoms with Crippen LogP contribution in [0.1, 0.15) is 67.7 Å². The lowest BCUT2D eigenvalue weighted by Crippen LogP contribution is -2.60. The number of carbonyl (C=O) groups is 7. The highest BCUT2D eigenvalue weighted by Gasteiger charge is 2.34. The fourth-order valence-electron chi connectivity index (χ4n) is 8.17. The molecule has 6 atom stereocenters. The number of nitrogens with one attached hydrogen (secondary N) is 7. The standard InChI is InChI=1S/C50H71N17O11S/c1-28(68)62-37(10-5-21-59-49(54)55)43(71)65-40(24-30-16-18-33(69)19-17-30)46(74)66-39(23-29-12-14-31(15-13-29)27-79(76,77)78)45(73)64-38(11-6-22-60-50(56)57)44(72)67-41(25-32-26-61-35-8-3-2-7-34(32)35)47(75)63-36(42(51)70)9-4-20-58-48(52)53/h2-3,7-8,12-19,26,36-41,61,69H,4-6,9-11,20-25,27H2,1H3,(H2,51,70)(H,62,68)(H,63,75)(H,64,73)(H,65,71)(H,66,74)(H,67,72)(H4,52,53,58)(H4,54,55,59)(H4,56,57,60)(H,76,77,78)/t36-,37-,38-,39-,40-,41-/m0/s1. The number of aliphatic imine (C=N–C) groups is 3. The molecular formula is C50H71N17O11S. The van der Waals surface area contributed by atoms with Crippen molar-refractivity contribution in [2.24, 2.45) is 55.1 Å². The molecule has 29 heteroatoms. The van der Waals surface area contributed by atoms with Crippen LogP contribution >= 0.6 is 0 Å². The third-order valence-electron chi connectivity index (χ3n) is 12.0. The molecule has 7 amide bonds. The summed E-state index contributed by atoms with van der Waals surface area (Å²) in [7, 11) is -4.43. The molecule has 1 aromatic heterocycles. The summed E-state index contributed by atoms with van der Waals surface area (Å²) in [5.41, 5.74) is 41.0. The number of hydrogen-bond acceptors (Lipinski definition) is 13. The van der Waals surface area contributed by atoms with E-state index in [0.717, 1.165) is 10.9 Å². The van der Waals surface area contributed by atoms with Gasteiger partial charge >= 0.3 is 0 Å². The van der Waals surface area contributed by atoms with Gasteiger partial charge in [-0.2, -0.15) is 8.42 Å². The summed E-state index contributed by atoms with van der Waals surface area (Å²) in [6.45, 7) is 1.42. The number of primary amides is 1. The molecule has 0 saturated carbocycles. The Morgan fingerprint density at radius 3 is 1.34 bits per heavy atom. The lowest BCUT2D eigenvalue weighted by molar-refractivity contribution is -0.135. The van der Waals surface area contributed by atoms with E-state index < -0.39 is 93.5 Å². The number of nitrogens with two attached hydrogens (primary N) is 7. The molecule has 0 bridgehead atoms. The van der Waals surface area contributed by atoms with Gasteiger partial charge in [0.05, 0.1) is 0 Å². The van der Waals surface area contributed by atoms with E-state index in [1.807, 2.05) is 6.07 Å². The van der Waals surface area contributed by atoms with Gasteiger partial charge < -0.3 is 82.1 Å². The normalized spacial score (nSPS) is 13.4. The third kappa shape index (κ3) is 22.6. The number of fused-ring (bicyclic) bond motifs is 1. The molecule has 4 aromatic rings. The molecule has 428 valence electrons. The van der Waals surface area contributed by atoms with Crippen molar-refractivity contribution in [1.29, 1.82) is 0 Å². The highest BCUT2D eigenvalue weighted by molar-refractivity contribution is 7.85. The molecule has 0 aliphatic rings. The second-order valence-electron chi connectivity index (χ2n) is 18.5. The lowest BCUT2D eigenvalue weighted by Gasteiger charge is -2.28. The van der Waals surface area contributed by atoms with E-state index in [-0.39, 0.29) is 107 Å². The van der Waals surface area contributed by atoms with Gasteiger partial charge in [0.15, 0.2) is 17.9 Å². The quantitative estimate of drug-likeness (QED) is 0.00995. The van der Waals surface area contributed by atoms with Gasteiger partial charge in [-0.1, -0.05) is 54.6 Å². The smallest absolute Gasteiger partial charge is 0.269 e. The zero-order valence-corrected chi connectivity index (χ0v) is 44.3. The van der Waals surface area contributed by atoms with Crippen molar-refractivity contribution in [3.63, 3.8) is 0 Å². The van der Waals surface area contributed by atoms with Crippen LogP contribution in [0.5, 0.6) is 5.75 Å². The molecule has 0 saturated heterocycles. The number of aromatic hydroxyl groups is 1. The minimum absolute atomic E-state index is 0.0101. The minimum atomic E-state index is -4.43. The first-order chi connectivity index (χ1) is 37.4. The Hall–Kier alpha value is -8.99. The second-order valence-corrected chi connectivity index (χ2v) is 19.9. The predicted octanol–water partition coefficient (Wildman–Crippen LogP) is -3.14. The number of nitrogens with zero attached hydrogens (tertiary/aromatic N) is 3. The van der Waals surface area contributed by atoms with Crippen molar-refractivity contribution in [2.45, 2.75) is 107 Å². The molecule has 0 spiro atoms. The van der Waals surface area contributed by atoms with Crippen LogP contribution in [-0.4, -0.2) is 138 Å². The maximum absolute atomic E-state index is 14.8. The number of carbonyl (C=O) groups excluding carboxylic acids is 7. The fourth-order valence-corrected chi connectivity index (χ4v) is 8.79. The fraction of sp³-hybridized carbons (Fsp3) is 0.400. The van der Waals surface area contributed by atoms with Crippen LogP contribution < -0.4 is 72.0 Å². The topological polar surface area (TPSA) is 501 Å². The van der Waals surface area contributed by atoms with Gasteiger partial charge in [0.2, 0.25) is 41.4 Å². The van der Waals surface area contributed by atoms with E-state index >= 15 is 0 Å². The maximum atomic E-state index is 14.8. The molecule has 3 aromatic carbocycles. The molecule has 23 N–H and O–H groups in total. The van der Waals surface area contributed by atoms with Crippen molar-refractivity contribution in [3.05, 3.63) is 101 Å².